The van der Waals surface area contributed by atoms with Crippen LogP contribution >= 0.6 is 11.3 Å². The van der Waals surface area contributed by atoms with Gasteiger partial charge >= 0.3 is 12.1 Å². The van der Waals surface area contributed by atoms with Crippen molar-refractivity contribution in [1.29, 1.82) is 0 Å². The van der Waals surface area contributed by atoms with Gasteiger partial charge in [0, 0.05) is 53.7 Å². The van der Waals surface area contributed by atoms with Gasteiger partial charge in [-0.2, -0.15) is 0 Å². The highest BCUT2D eigenvalue weighted by Gasteiger charge is 2.61. The largest absolute Gasteiger partial charge is 0.497 e. The molecule has 0 bridgehead atoms. The van der Waals surface area contributed by atoms with Crippen LogP contribution in [0.3, 0.4) is 0 Å². The summed E-state index contributed by atoms with van der Waals surface area (Å²) in [5.74, 6) is -1.76. The average molecular weight is 898 g/mol. The molecule has 2 aliphatic heterocycles. The van der Waals surface area contributed by atoms with Crippen LogP contribution < -0.4 is 25.4 Å². The molecule has 1 aliphatic carbocycles. The Morgan fingerprint density at radius 2 is 1.89 bits per heavy atom. The number of sulfonamides is 1. The van der Waals surface area contributed by atoms with Crippen LogP contribution in [-0.4, -0.2) is 126 Å². The van der Waals surface area contributed by atoms with Gasteiger partial charge in [0.15, 0.2) is 5.13 Å². The second kappa shape index (κ2) is 18.8. The number of amides is 3. The maximum Gasteiger partial charge on any atom is 0.408 e. The minimum atomic E-state index is -3.59. The molecule has 3 aromatic rings. The second-order valence-corrected chi connectivity index (χ2v) is 20.8. The van der Waals surface area contributed by atoms with E-state index in [-0.39, 0.29) is 38.4 Å². The third kappa shape index (κ3) is 10.9. The molecule has 2 aromatic heterocycles. The fraction of sp³-hybridized carbons (Fsp3) is 0.581. The SMILES string of the molecule is COc1ccc2c(O[C@@H]3C[C@H]4C(=O)N[C@]5(C(=O)O)CC5C=CCCCCC[C@H](NC(=O)O[C@H](CN(C)S(C)(=O)=O)C(C)(C)C)C(=O)N4C3)cc(-c3csc(NC(C)C)n3)nc2c1. The number of hydrogen-bond donors (Lipinski definition) is 4. The van der Waals surface area contributed by atoms with E-state index >= 15 is 0 Å². The first kappa shape index (κ1) is 46.5. The normalized spacial score (nSPS) is 24.1. The number of likely N-dealkylation sites (N-methyl/N-ethyl adjacent to an activating group) is 1. The third-order valence-electron chi connectivity index (χ3n) is 11.6. The Morgan fingerprint density at radius 3 is 2.56 bits per heavy atom. The second-order valence-electron chi connectivity index (χ2n) is 17.9. The number of hydrogen-bond acceptors (Lipinski definition) is 13. The molecule has 0 radical (unpaired) electrons. The molecule has 3 amide bonds. The zero-order valence-corrected chi connectivity index (χ0v) is 38.2. The molecule has 6 atom stereocenters. The highest BCUT2D eigenvalue weighted by Crippen LogP contribution is 2.45. The van der Waals surface area contributed by atoms with Crippen LogP contribution in [0.1, 0.15) is 79.6 Å². The molecule has 4 N–H and O–H groups in total. The van der Waals surface area contributed by atoms with Crippen molar-refractivity contribution in [3.63, 3.8) is 0 Å². The van der Waals surface area contributed by atoms with E-state index in [0.717, 1.165) is 22.1 Å². The number of alkyl carbamates (subject to hydrolysis) is 1. The molecule has 1 saturated carbocycles. The number of rotatable bonds is 12. The van der Waals surface area contributed by atoms with Crippen LogP contribution in [0.4, 0.5) is 9.93 Å². The van der Waals surface area contributed by atoms with Crippen molar-refractivity contribution in [2.24, 2.45) is 11.3 Å². The number of fused-ring (bicyclic) bond motifs is 3. The lowest BCUT2D eigenvalue weighted by atomic mass is 9.89. The molecule has 4 heterocycles. The molecule has 19 heteroatoms. The Bertz CT molecular complexity index is 2290. The maximum absolute atomic E-state index is 14.8. The van der Waals surface area contributed by atoms with Crippen LogP contribution in [0.5, 0.6) is 11.5 Å². The summed E-state index contributed by atoms with van der Waals surface area (Å²) in [6.45, 7) is 9.31. The Kier molecular flexibility index (Phi) is 14.1. The summed E-state index contributed by atoms with van der Waals surface area (Å²) in [6.07, 6.45) is 5.46. The summed E-state index contributed by atoms with van der Waals surface area (Å²) in [4.78, 5) is 66.5. The lowest BCUT2D eigenvalue weighted by Crippen LogP contribution is -2.56. The molecule has 1 unspecified atom stereocenters. The van der Waals surface area contributed by atoms with Gasteiger partial charge in [-0.05, 0) is 51.7 Å². The predicted octanol–water partition coefficient (Wildman–Crippen LogP) is 5.42. The van der Waals surface area contributed by atoms with Gasteiger partial charge in [0.1, 0.15) is 47.0 Å². The number of aliphatic carboxylic acids is 1. The third-order valence-corrected chi connectivity index (χ3v) is 13.6. The summed E-state index contributed by atoms with van der Waals surface area (Å²) in [5.41, 5.74) is -0.471. The number of nitrogens with one attached hydrogen (secondary N) is 3. The maximum atomic E-state index is 14.8. The first-order valence-corrected chi connectivity index (χ1v) is 23.7. The van der Waals surface area contributed by atoms with Crippen LogP contribution in [0, 0.1) is 11.3 Å². The number of methoxy groups -OCH3 is 1. The van der Waals surface area contributed by atoms with Crippen molar-refractivity contribution < 1.29 is 46.9 Å². The summed E-state index contributed by atoms with van der Waals surface area (Å²) in [5, 5.41) is 22.5. The van der Waals surface area contributed by atoms with Crippen molar-refractivity contribution in [3.05, 3.63) is 41.8 Å². The fourth-order valence-electron chi connectivity index (χ4n) is 7.73. The van der Waals surface area contributed by atoms with Crippen LogP contribution in [0.2, 0.25) is 0 Å². The highest BCUT2D eigenvalue weighted by atomic mass is 32.2. The number of ether oxygens (including phenoxy) is 3. The summed E-state index contributed by atoms with van der Waals surface area (Å²) in [7, 11) is -0.635. The number of carbonyl (C=O) groups excluding carboxylic acids is 3. The molecule has 6 rings (SSSR count). The fourth-order valence-corrected chi connectivity index (χ4v) is 8.98. The first-order chi connectivity index (χ1) is 29.2. The topological polar surface area (TPSA) is 219 Å². The van der Waals surface area contributed by atoms with Gasteiger partial charge in [0.05, 0.1) is 37.7 Å². The number of carboxylic acids is 1. The Balaban J connectivity index is 1.33. The Labute approximate surface area is 367 Å². The summed E-state index contributed by atoms with van der Waals surface area (Å²) < 4.78 is 43.7. The standard InChI is InChI=1S/C43H59N7O10S2/c1-25(2)44-40-46-33(24-61-40)32-20-35(29-17-16-27(58-7)18-31(29)45-32)59-28-19-34-37(51)48-43(39(53)54)21-26(43)14-12-10-9-11-13-15-30(38(52)50(34)22-28)47-41(55)60-36(42(3,4)5)23-49(6)62(8,56)57/h12,14,16-18,20,24-26,28,30,34,36H,9-11,13,15,19,21-23H2,1-8H3,(H,44,46)(H,47,55)(H,48,51)(H,53,54)/t26?,28-,30+,34+,36-,43-/m1/s1. The number of aromatic nitrogens is 2. The summed E-state index contributed by atoms with van der Waals surface area (Å²) >= 11 is 1.44. The first-order valence-electron chi connectivity index (χ1n) is 21.0. The number of allylic oxidation sites excluding steroid dienone is 1. The molecule has 17 nitrogen and oxygen atoms in total. The van der Waals surface area contributed by atoms with Crippen molar-refractivity contribution in [2.75, 3.05) is 38.8 Å². The van der Waals surface area contributed by atoms with E-state index in [9.17, 15) is 32.7 Å². The minimum absolute atomic E-state index is 0.0172. The summed E-state index contributed by atoms with van der Waals surface area (Å²) in [6, 6.07) is 5.04. The molecule has 1 saturated heterocycles. The molecule has 62 heavy (non-hydrogen) atoms. The zero-order chi connectivity index (χ0) is 45.1. The van der Waals surface area contributed by atoms with Crippen LogP contribution in [0.25, 0.3) is 22.3 Å². The quantitative estimate of drug-likeness (QED) is 0.167. The van der Waals surface area contributed by atoms with Gasteiger partial charge in [-0.15, -0.1) is 11.3 Å². The van der Waals surface area contributed by atoms with Gasteiger partial charge in [0.25, 0.3) is 0 Å². The van der Waals surface area contributed by atoms with E-state index in [4.69, 9.17) is 24.2 Å². The van der Waals surface area contributed by atoms with Crippen molar-refractivity contribution in [3.8, 4) is 22.9 Å². The van der Waals surface area contributed by atoms with Crippen molar-refractivity contribution >= 4 is 61.3 Å². The number of benzene rings is 1. The van der Waals surface area contributed by atoms with E-state index in [1.54, 1.807) is 25.3 Å². The number of pyridine rings is 1. The number of thiazole rings is 1. The van der Waals surface area contributed by atoms with Crippen molar-refractivity contribution in [2.45, 2.75) is 115 Å². The Morgan fingerprint density at radius 1 is 1.13 bits per heavy atom. The van der Waals surface area contributed by atoms with Crippen LogP contribution in [-0.2, 0) is 29.1 Å². The number of anilines is 1. The lowest BCUT2D eigenvalue weighted by Gasteiger charge is -2.34. The monoisotopic (exact) mass is 897 g/mol. The number of nitrogens with zero attached hydrogens (tertiary/aromatic N) is 4. The lowest BCUT2D eigenvalue weighted by molar-refractivity contribution is -0.145. The van der Waals surface area contributed by atoms with Gasteiger partial charge in [-0.1, -0.05) is 45.8 Å². The van der Waals surface area contributed by atoms with E-state index < -0.39 is 75.1 Å². The molecule has 338 valence electrons. The average Bonchev–Trinajstić information content (AvgIpc) is 3.46. The van der Waals surface area contributed by atoms with E-state index in [1.807, 2.05) is 58.2 Å². The van der Waals surface area contributed by atoms with E-state index in [0.29, 0.717) is 53.1 Å². The molecule has 1 aromatic carbocycles. The van der Waals surface area contributed by atoms with Gasteiger partial charge in [-0.3, -0.25) is 9.59 Å². The Hall–Kier alpha value is -5.01. The smallest absolute Gasteiger partial charge is 0.408 e. The molecular formula is C43H59N7O10S2. The van der Waals surface area contributed by atoms with Gasteiger partial charge < -0.3 is 40.2 Å². The van der Waals surface area contributed by atoms with Gasteiger partial charge in [0.2, 0.25) is 21.8 Å². The number of carboxylic acid groups (broad SMARTS) is 1. The molecule has 3 aliphatic rings. The molecule has 2 fully saturated rings. The number of carbonyl (C=O) groups is 4. The van der Waals surface area contributed by atoms with Crippen LogP contribution in [0.15, 0.2) is 41.8 Å². The van der Waals surface area contributed by atoms with E-state index in [1.165, 1.54) is 23.3 Å². The van der Waals surface area contributed by atoms with Crippen molar-refractivity contribution in [1.82, 2.24) is 29.8 Å². The van der Waals surface area contributed by atoms with Gasteiger partial charge in [-0.25, -0.2) is 32.3 Å². The minimum Gasteiger partial charge on any atom is -0.497 e. The zero-order valence-electron chi connectivity index (χ0n) is 36.6. The van der Waals surface area contributed by atoms with E-state index in [2.05, 4.69) is 16.0 Å². The molecule has 0 spiro atoms. The highest BCUT2D eigenvalue weighted by molar-refractivity contribution is 7.88. The predicted molar refractivity (Wildman–Crippen MR) is 236 cm³/mol. The molecular weight excluding hydrogens is 839 g/mol.